The van der Waals surface area contributed by atoms with Gasteiger partial charge in [0, 0.05) is 42.2 Å². The third-order valence-electron chi connectivity index (χ3n) is 6.15. The van der Waals surface area contributed by atoms with Crippen molar-refractivity contribution in [1.29, 1.82) is 0 Å². The molecule has 0 amide bonds. The number of nitrogens with one attached hydrogen (secondary N) is 2. The first kappa shape index (κ1) is 23.0. The summed E-state index contributed by atoms with van der Waals surface area (Å²) >= 11 is 0. The number of para-hydroxylation sites is 1. The molecule has 3 N–H and O–H groups in total. The summed E-state index contributed by atoms with van der Waals surface area (Å²) in [4.78, 5) is 18.5. The highest BCUT2D eigenvalue weighted by Gasteiger charge is 2.25. The van der Waals surface area contributed by atoms with Crippen LogP contribution in [0.4, 0.5) is 17.5 Å². The van der Waals surface area contributed by atoms with Gasteiger partial charge in [-0.05, 0) is 57.2 Å². The molecule has 1 aliphatic rings. The first-order chi connectivity index (χ1) is 17.1. The van der Waals surface area contributed by atoms with Crippen LogP contribution in [0.1, 0.15) is 33.1 Å². The fourth-order valence-electron chi connectivity index (χ4n) is 4.44. The van der Waals surface area contributed by atoms with Gasteiger partial charge in [-0.25, -0.2) is 15.0 Å². The van der Waals surface area contributed by atoms with Gasteiger partial charge >= 0.3 is 0 Å². The van der Waals surface area contributed by atoms with Crippen LogP contribution >= 0.6 is 0 Å². The summed E-state index contributed by atoms with van der Waals surface area (Å²) in [5.74, 6) is 2.06. The summed E-state index contributed by atoms with van der Waals surface area (Å²) in [6.07, 6.45) is 6.44. The number of ether oxygens (including phenoxy) is 1. The third-order valence-corrected chi connectivity index (χ3v) is 6.15. The van der Waals surface area contributed by atoms with Gasteiger partial charge in [0.25, 0.3) is 0 Å². The van der Waals surface area contributed by atoms with E-state index in [9.17, 15) is 5.11 Å². The van der Waals surface area contributed by atoms with E-state index >= 15 is 0 Å². The molecule has 0 spiro atoms. The van der Waals surface area contributed by atoms with E-state index in [4.69, 9.17) is 14.7 Å². The van der Waals surface area contributed by atoms with Gasteiger partial charge in [0.05, 0.1) is 22.9 Å². The second-order valence-electron chi connectivity index (χ2n) is 9.22. The van der Waals surface area contributed by atoms with Crippen molar-refractivity contribution in [3.63, 3.8) is 0 Å². The maximum atomic E-state index is 9.58. The van der Waals surface area contributed by atoms with Crippen LogP contribution in [0.25, 0.3) is 22.2 Å². The minimum atomic E-state index is 0.0349. The van der Waals surface area contributed by atoms with Crippen LogP contribution < -0.4 is 15.4 Å². The van der Waals surface area contributed by atoms with Crippen molar-refractivity contribution in [1.82, 2.24) is 19.9 Å². The lowest BCUT2D eigenvalue weighted by Crippen LogP contribution is -2.18. The summed E-state index contributed by atoms with van der Waals surface area (Å²) in [6, 6.07) is 16.0. The molecule has 3 heterocycles. The van der Waals surface area contributed by atoms with Crippen LogP contribution in [0.2, 0.25) is 0 Å². The van der Waals surface area contributed by atoms with E-state index < -0.39 is 0 Å². The number of rotatable bonds is 8. The number of aliphatic hydroxyl groups is 1. The van der Waals surface area contributed by atoms with Crippen LogP contribution in [-0.4, -0.2) is 43.8 Å². The van der Waals surface area contributed by atoms with Crippen molar-refractivity contribution in [2.45, 2.75) is 45.3 Å². The Kier molecular flexibility index (Phi) is 6.72. The van der Waals surface area contributed by atoms with Gasteiger partial charge in [0.15, 0.2) is 0 Å². The van der Waals surface area contributed by atoms with E-state index in [1.165, 1.54) is 0 Å². The maximum Gasteiger partial charge on any atom is 0.229 e. The molecule has 4 aromatic rings. The molecule has 1 aliphatic carbocycles. The van der Waals surface area contributed by atoms with E-state index in [-0.39, 0.29) is 18.8 Å². The Bertz CT molecular complexity index is 1310. The number of pyridine rings is 2. The normalized spacial score (nSPS) is 17.6. The lowest BCUT2D eigenvalue weighted by molar-refractivity contribution is 0.229. The largest absolute Gasteiger partial charge is 0.475 e. The zero-order valence-corrected chi connectivity index (χ0v) is 20.0. The minimum Gasteiger partial charge on any atom is -0.475 e. The number of aromatic nitrogens is 4. The summed E-state index contributed by atoms with van der Waals surface area (Å²) < 4.78 is 5.70. The zero-order chi connectivity index (χ0) is 24.2. The standard InChI is InChI=1S/C27H30N6O2/c1-17(2)35-25-14-21(11-12-28-25)31-27-29-15-22(24-10-8-19-5-3-4-6-23(19)32-24)26(33-27)30-20-9-7-18(13-20)16-34/h3-6,8,10-12,14-15,17-18,20,34H,7,9,13,16H2,1-2H3,(H2,28,29,30,31,33). The fraction of sp³-hybridized carbons (Fsp3) is 0.333. The first-order valence-corrected chi connectivity index (χ1v) is 12.1. The van der Waals surface area contributed by atoms with E-state index in [2.05, 4.69) is 26.7 Å². The molecule has 35 heavy (non-hydrogen) atoms. The van der Waals surface area contributed by atoms with Crippen molar-refractivity contribution < 1.29 is 9.84 Å². The summed E-state index contributed by atoms with van der Waals surface area (Å²) in [5, 5.41) is 17.5. The summed E-state index contributed by atoms with van der Waals surface area (Å²) in [5.41, 5.74) is 3.37. The highest BCUT2D eigenvalue weighted by Crippen LogP contribution is 2.32. The lowest BCUT2D eigenvalue weighted by atomic mass is 10.1. The number of hydrogen-bond acceptors (Lipinski definition) is 8. The van der Waals surface area contributed by atoms with E-state index in [1.807, 2.05) is 56.3 Å². The van der Waals surface area contributed by atoms with Crippen molar-refractivity contribution >= 4 is 28.4 Å². The van der Waals surface area contributed by atoms with E-state index in [0.29, 0.717) is 17.7 Å². The molecule has 0 bridgehead atoms. The molecule has 180 valence electrons. The van der Waals surface area contributed by atoms with Crippen LogP contribution in [0.3, 0.4) is 0 Å². The quantitative estimate of drug-likeness (QED) is 0.323. The molecule has 5 rings (SSSR count). The van der Waals surface area contributed by atoms with Gasteiger partial charge in [0.1, 0.15) is 5.82 Å². The molecule has 0 saturated heterocycles. The molecular formula is C27H30N6O2. The van der Waals surface area contributed by atoms with Gasteiger partial charge in [0.2, 0.25) is 11.8 Å². The SMILES string of the molecule is CC(C)Oc1cc(Nc2ncc(-c3ccc4ccccc4n3)c(NC3CCC(CO)C3)n2)ccn1. The van der Waals surface area contributed by atoms with Crippen LogP contribution in [0, 0.1) is 5.92 Å². The number of benzene rings is 1. The van der Waals surface area contributed by atoms with Crippen LogP contribution in [0.5, 0.6) is 5.88 Å². The number of aliphatic hydroxyl groups excluding tert-OH is 1. The number of fused-ring (bicyclic) bond motifs is 1. The third kappa shape index (κ3) is 5.49. The maximum absolute atomic E-state index is 9.58. The van der Waals surface area contributed by atoms with Crippen LogP contribution in [-0.2, 0) is 0 Å². The van der Waals surface area contributed by atoms with Crippen molar-refractivity contribution in [2.75, 3.05) is 17.2 Å². The predicted molar refractivity (Wildman–Crippen MR) is 138 cm³/mol. The Labute approximate surface area is 204 Å². The Morgan fingerprint density at radius 2 is 1.94 bits per heavy atom. The van der Waals surface area contributed by atoms with E-state index in [0.717, 1.165) is 52.9 Å². The molecule has 0 radical (unpaired) electrons. The second-order valence-corrected chi connectivity index (χ2v) is 9.22. The predicted octanol–water partition coefficient (Wildman–Crippen LogP) is 5.19. The summed E-state index contributed by atoms with van der Waals surface area (Å²) in [7, 11) is 0. The lowest BCUT2D eigenvalue weighted by Gasteiger charge is -2.18. The second kappa shape index (κ2) is 10.2. The summed E-state index contributed by atoms with van der Waals surface area (Å²) in [6.45, 7) is 4.15. The molecule has 8 nitrogen and oxygen atoms in total. The average Bonchev–Trinajstić information content (AvgIpc) is 3.31. The van der Waals surface area contributed by atoms with Gasteiger partial charge in [-0.2, -0.15) is 4.98 Å². The number of nitrogens with zero attached hydrogens (tertiary/aromatic N) is 4. The van der Waals surface area contributed by atoms with Crippen molar-refractivity contribution in [2.24, 2.45) is 5.92 Å². The Hall–Kier alpha value is -3.78. The number of anilines is 3. The van der Waals surface area contributed by atoms with Crippen molar-refractivity contribution in [3.05, 3.63) is 60.9 Å². The molecule has 1 fully saturated rings. The fourth-order valence-corrected chi connectivity index (χ4v) is 4.44. The van der Waals surface area contributed by atoms with Gasteiger partial charge in [-0.1, -0.05) is 24.3 Å². The molecule has 1 saturated carbocycles. The smallest absolute Gasteiger partial charge is 0.229 e. The first-order valence-electron chi connectivity index (χ1n) is 12.1. The van der Waals surface area contributed by atoms with Gasteiger partial charge < -0.3 is 20.5 Å². The van der Waals surface area contributed by atoms with Crippen molar-refractivity contribution in [3.8, 4) is 17.1 Å². The average molecular weight is 471 g/mol. The molecule has 8 heteroatoms. The molecule has 0 aliphatic heterocycles. The molecule has 2 atom stereocenters. The molecule has 2 unspecified atom stereocenters. The zero-order valence-electron chi connectivity index (χ0n) is 20.0. The van der Waals surface area contributed by atoms with Gasteiger partial charge in [-0.3, -0.25) is 0 Å². The molecule has 3 aromatic heterocycles. The van der Waals surface area contributed by atoms with Crippen LogP contribution in [0.15, 0.2) is 60.9 Å². The minimum absolute atomic E-state index is 0.0349. The van der Waals surface area contributed by atoms with Gasteiger partial charge in [-0.15, -0.1) is 0 Å². The monoisotopic (exact) mass is 470 g/mol. The number of hydrogen-bond donors (Lipinski definition) is 3. The Morgan fingerprint density at radius 3 is 2.77 bits per heavy atom. The molecular weight excluding hydrogens is 440 g/mol. The topological polar surface area (TPSA) is 105 Å². The molecule has 1 aromatic carbocycles. The highest BCUT2D eigenvalue weighted by atomic mass is 16.5. The van der Waals surface area contributed by atoms with E-state index in [1.54, 1.807) is 12.4 Å². The highest BCUT2D eigenvalue weighted by molar-refractivity contribution is 5.83. The Morgan fingerprint density at radius 1 is 1.06 bits per heavy atom. The Balaban J connectivity index is 1.47.